The molecule has 116 valence electrons. The number of carbonyl (C=O) groups excluding carboxylic acids is 1. The third-order valence-electron chi connectivity index (χ3n) is 2.99. The summed E-state index contributed by atoms with van der Waals surface area (Å²) in [7, 11) is 0. The van der Waals surface area contributed by atoms with Gasteiger partial charge in [0.2, 0.25) is 0 Å². The summed E-state index contributed by atoms with van der Waals surface area (Å²) >= 11 is 17.8. The van der Waals surface area contributed by atoms with E-state index in [1.54, 1.807) is 0 Å². The van der Waals surface area contributed by atoms with Gasteiger partial charge in [-0.15, -0.1) is 0 Å². The Bertz CT molecular complexity index is 639. The number of benzene rings is 2. The van der Waals surface area contributed by atoms with Crippen LogP contribution in [-0.4, -0.2) is 12.5 Å². The topological polar surface area (TPSA) is 38.3 Å². The Balaban J connectivity index is 1.94. The fourth-order valence-electron chi connectivity index (χ4n) is 1.91. The third-order valence-corrected chi connectivity index (χ3v) is 3.77. The van der Waals surface area contributed by atoms with E-state index in [4.69, 9.17) is 39.5 Å². The molecule has 0 saturated carbocycles. The minimum atomic E-state index is -0.265. The number of amides is 1. The minimum Gasteiger partial charge on any atom is -0.481 e. The Kier molecular flexibility index (Phi) is 5.95. The van der Waals surface area contributed by atoms with Crippen LogP contribution in [0.5, 0.6) is 5.75 Å². The minimum absolute atomic E-state index is 0.117. The van der Waals surface area contributed by atoms with Gasteiger partial charge < -0.3 is 10.1 Å². The van der Waals surface area contributed by atoms with Crippen LogP contribution in [0.15, 0.2) is 42.5 Å². The maximum atomic E-state index is 11.9. The average molecular weight is 359 g/mol. The molecule has 22 heavy (non-hydrogen) atoms. The molecule has 0 aromatic heterocycles. The monoisotopic (exact) mass is 357 g/mol. The normalized spacial score (nSPS) is 11.8. The maximum absolute atomic E-state index is 11.9. The molecule has 1 amide bonds. The van der Waals surface area contributed by atoms with Crippen molar-refractivity contribution in [1.82, 2.24) is 5.32 Å². The second-order valence-corrected chi connectivity index (χ2v) is 5.94. The van der Waals surface area contributed by atoms with Gasteiger partial charge in [0.15, 0.2) is 12.4 Å². The number of ether oxygens (including phenoxy) is 1. The lowest BCUT2D eigenvalue weighted by Crippen LogP contribution is -2.31. The van der Waals surface area contributed by atoms with E-state index in [-0.39, 0.29) is 34.4 Å². The van der Waals surface area contributed by atoms with Crippen LogP contribution < -0.4 is 10.1 Å². The summed E-state index contributed by atoms with van der Waals surface area (Å²) in [5.41, 5.74) is 1.01. The number of halogens is 3. The average Bonchev–Trinajstić information content (AvgIpc) is 2.47. The van der Waals surface area contributed by atoms with Gasteiger partial charge in [-0.3, -0.25) is 4.79 Å². The van der Waals surface area contributed by atoms with E-state index in [2.05, 4.69) is 5.32 Å². The summed E-state index contributed by atoms with van der Waals surface area (Å²) < 4.78 is 5.39. The Morgan fingerprint density at radius 2 is 1.73 bits per heavy atom. The molecule has 2 rings (SSSR count). The smallest absolute Gasteiger partial charge is 0.258 e. The van der Waals surface area contributed by atoms with Crippen LogP contribution in [-0.2, 0) is 4.79 Å². The van der Waals surface area contributed by atoms with E-state index in [9.17, 15) is 4.79 Å². The number of rotatable bonds is 5. The lowest BCUT2D eigenvalue weighted by Gasteiger charge is -2.15. The lowest BCUT2D eigenvalue weighted by molar-refractivity contribution is -0.123. The molecule has 0 heterocycles. The summed E-state index contributed by atoms with van der Waals surface area (Å²) in [5.74, 6) is -0.0197. The van der Waals surface area contributed by atoms with Crippen molar-refractivity contribution in [1.29, 1.82) is 0 Å². The largest absolute Gasteiger partial charge is 0.481 e. The maximum Gasteiger partial charge on any atom is 0.258 e. The summed E-state index contributed by atoms with van der Waals surface area (Å²) in [5, 5.41) is 3.78. The van der Waals surface area contributed by atoms with E-state index in [1.165, 1.54) is 12.1 Å². The van der Waals surface area contributed by atoms with Gasteiger partial charge in [0.25, 0.3) is 5.91 Å². The van der Waals surface area contributed by atoms with Crippen LogP contribution in [0, 0.1) is 0 Å². The second-order valence-electron chi connectivity index (χ2n) is 4.69. The summed E-state index contributed by atoms with van der Waals surface area (Å²) in [6, 6.07) is 12.5. The van der Waals surface area contributed by atoms with Gasteiger partial charge in [-0.05, 0) is 24.6 Å². The van der Waals surface area contributed by atoms with Gasteiger partial charge >= 0.3 is 0 Å². The first kappa shape index (κ1) is 16.9. The number of hydrogen-bond donors (Lipinski definition) is 1. The van der Waals surface area contributed by atoms with Crippen LogP contribution in [0.2, 0.25) is 15.1 Å². The van der Waals surface area contributed by atoms with Gasteiger partial charge in [0.05, 0.1) is 16.1 Å². The highest BCUT2D eigenvalue weighted by molar-refractivity contribution is 6.40. The van der Waals surface area contributed by atoms with E-state index >= 15 is 0 Å². The fraction of sp³-hybridized carbons (Fsp3) is 0.188. The first-order chi connectivity index (χ1) is 10.5. The van der Waals surface area contributed by atoms with Crippen LogP contribution >= 0.6 is 34.8 Å². The predicted molar refractivity (Wildman–Crippen MR) is 90.0 cm³/mol. The van der Waals surface area contributed by atoms with E-state index < -0.39 is 0 Å². The van der Waals surface area contributed by atoms with Crippen molar-refractivity contribution in [2.24, 2.45) is 0 Å². The summed E-state index contributed by atoms with van der Waals surface area (Å²) in [6.07, 6.45) is 0. The predicted octanol–water partition coefficient (Wildman–Crippen LogP) is 4.90. The molecule has 0 bridgehead atoms. The standard InChI is InChI=1S/C16H14Cl3NO2/c1-10(11-5-3-2-4-6-11)20-15(21)9-22-16-13(18)7-12(17)8-14(16)19/h2-8,10H,9H2,1H3,(H,20,21)/t10-/m1/s1. The Labute approximate surface area is 144 Å². The fourth-order valence-corrected chi connectivity index (χ4v) is 2.84. The highest BCUT2D eigenvalue weighted by Crippen LogP contribution is 2.35. The van der Waals surface area contributed by atoms with Crippen molar-refractivity contribution in [3.8, 4) is 5.75 Å². The highest BCUT2D eigenvalue weighted by Gasteiger charge is 2.13. The SMILES string of the molecule is C[C@@H](NC(=O)COc1c(Cl)cc(Cl)cc1Cl)c1ccccc1. The summed E-state index contributed by atoms with van der Waals surface area (Å²) in [4.78, 5) is 11.9. The molecule has 0 fully saturated rings. The molecule has 6 heteroatoms. The van der Waals surface area contributed by atoms with Gasteiger partial charge in [-0.2, -0.15) is 0 Å². The van der Waals surface area contributed by atoms with Gasteiger partial charge in [-0.25, -0.2) is 0 Å². The second kappa shape index (κ2) is 7.73. The molecule has 2 aromatic rings. The molecule has 0 aliphatic carbocycles. The quantitative estimate of drug-likeness (QED) is 0.825. The van der Waals surface area contributed by atoms with E-state index in [0.717, 1.165) is 5.56 Å². The van der Waals surface area contributed by atoms with Crippen molar-refractivity contribution in [3.63, 3.8) is 0 Å². The van der Waals surface area contributed by atoms with Crippen molar-refractivity contribution in [2.45, 2.75) is 13.0 Å². The molecule has 0 saturated heterocycles. The Morgan fingerprint density at radius 1 is 1.14 bits per heavy atom. The first-order valence-electron chi connectivity index (χ1n) is 6.59. The molecular weight excluding hydrogens is 345 g/mol. The summed E-state index contributed by atoms with van der Waals surface area (Å²) in [6.45, 7) is 1.72. The van der Waals surface area contributed by atoms with Crippen molar-refractivity contribution in [2.75, 3.05) is 6.61 Å². The molecule has 0 unspecified atom stereocenters. The van der Waals surface area contributed by atoms with Gasteiger partial charge in [-0.1, -0.05) is 65.1 Å². The molecule has 2 aromatic carbocycles. The first-order valence-corrected chi connectivity index (χ1v) is 7.72. The highest BCUT2D eigenvalue weighted by atomic mass is 35.5. The molecule has 0 aliphatic heterocycles. The zero-order valence-corrected chi connectivity index (χ0v) is 14.0. The molecule has 3 nitrogen and oxygen atoms in total. The molecule has 1 N–H and O–H groups in total. The zero-order chi connectivity index (χ0) is 16.1. The molecule has 1 atom stereocenters. The molecule has 0 spiro atoms. The van der Waals surface area contributed by atoms with Crippen LogP contribution in [0.25, 0.3) is 0 Å². The Hall–Kier alpha value is -1.42. The van der Waals surface area contributed by atoms with Crippen LogP contribution in [0.1, 0.15) is 18.5 Å². The van der Waals surface area contributed by atoms with Crippen LogP contribution in [0.4, 0.5) is 0 Å². The van der Waals surface area contributed by atoms with Crippen LogP contribution in [0.3, 0.4) is 0 Å². The van der Waals surface area contributed by atoms with Gasteiger partial charge in [0, 0.05) is 5.02 Å². The van der Waals surface area contributed by atoms with Gasteiger partial charge in [0.1, 0.15) is 0 Å². The third kappa shape index (κ3) is 4.54. The van der Waals surface area contributed by atoms with Crippen molar-refractivity contribution < 1.29 is 9.53 Å². The zero-order valence-electron chi connectivity index (χ0n) is 11.8. The lowest BCUT2D eigenvalue weighted by atomic mass is 10.1. The number of hydrogen-bond acceptors (Lipinski definition) is 2. The molecular formula is C16H14Cl3NO2. The van der Waals surface area contributed by atoms with Crippen molar-refractivity contribution in [3.05, 3.63) is 63.1 Å². The molecule has 0 radical (unpaired) electrons. The van der Waals surface area contributed by atoms with E-state index in [0.29, 0.717) is 5.02 Å². The number of nitrogens with one attached hydrogen (secondary N) is 1. The molecule has 0 aliphatic rings. The number of carbonyl (C=O) groups is 1. The van der Waals surface area contributed by atoms with E-state index in [1.807, 2.05) is 37.3 Å². The van der Waals surface area contributed by atoms with Crippen molar-refractivity contribution >= 4 is 40.7 Å². The Morgan fingerprint density at radius 3 is 2.32 bits per heavy atom.